The maximum atomic E-state index is 9.15. The zero-order valence-corrected chi connectivity index (χ0v) is 8.84. The molecule has 0 saturated carbocycles. The second kappa shape index (κ2) is 3.51. The second-order valence-corrected chi connectivity index (χ2v) is 4.55. The van der Waals surface area contributed by atoms with E-state index in [4.69, 9.17) is 5.26 Å². The van der Waals surface area contributed by atoms with Crippen LogP contribution in [0.15, 0.2) is 30.3 Å². The summed E-state index contributed by atoms with van der Waals surface area (Å²) in [7, 11) is 0. The number of nitriles is 1. The van der Waals surface area contributed by atoms with E-state index < -0.39 is 0 Å². The van der Waals surface area contributed by atoms with Gasteiger partial charge in [-0.25, -0.2) is 0 Å². The molecule has 0 fully saturated rings. The molecule has 0 saturated heterocycles. The molecule has 0 spiro atoms. The van der Waals surface area contributed by atoms with Gasteiger partial charge in [-0.05, 0) is 17.4 Å². The molecule has 1 aromatic carbocycles. The normalized spacial score (nSPS) is 24.0. The van der Waals surface area contributed by atoms with E-state index in [1.54, 1.807) is 11.8 Å². The summed E-state index contributed by atoms with van der Waals surface area (Å²) in [4.78, 5) is 0. The van der Waals surface area contributed by atoms with Gasteiger partial charge in [-0.3, -0.25) is 0 Å². The third kappa shape index (κ3) is 1.44. The van der Waals surface area contributed by atoms with Gasteiger partial charge in [0.05, 0.1) is 6.07 Å². The van der Waals surface area contributed by atoms with Crippen molar-refractivity contribution in [2.75, 3.05) is 6.26 Å². The molecule has 14 heavy (non-hydrogen) atoms. The van der Waals surface area contributed by atoms with Crippen molar-refractivity contribution >= 4 is 17.8 Å². The van der Waals surface area contributed by atoms with Crippen molar-refractivity contribution in [2.24, 2.45) is 0 Å². The summed E-state index contributed by atoms with van der Waals surface area (Å²) in [6.07, 6.45) is 6.87. The Labute approximate surface area is 88.4 Å². The highest BCUT2D eigenvalue weighted by Gasteiger charge is 2.29. The van der Waals surface area contributed by atoms with Crippen LogP contribution >= 0.6 is 11.8 Å². The van der Waals surface area contributed by atoms with Crippen LogP contribution in [0, 0.1) is 11.3 Å². The Kier molecular flexibility index (Phi) is 2.35. The highest BCUT2D eigenvalue weighted by atomic mass is 32.2. The largest absolute Gasteiger partial charge is 0.196 e. The summed E-state index contributed by atoms with van der Waals surface area (Å²) in [5.74, 6) is 0. The van der Waals surface area contributed by atoms with Crippen LogP contribution in [-0.4, -0.2) is 11.0 Å². The first kappa shape index (κ1) is 9.36. The lowest BCUT2D eigenvalue weighted by Crippen LogP contribution is -2.25. The zero-order chi connectivity index (χ0) is 10.0. The molecular formula is C12H11NS. The molecule has 1 aliphatic carbocycles. The fraction of sp³-hybridized carbons (Fsp3) is 0.250. The second-order valence-electron chi connectivity index (χ2n) is 3.41. The molecule has 1 unspecified atom stereocenters. The molecule has 0 N–H and O–H groups in total. The third-order valence-electron chi connectivity index (χ3n) is 2.59. The summed E-state index contributed by atoms with van der Waals surface area (Å²) in [6.45, 7) is 0. The lowest BCUT2D eigenvalue weighted by atomic mass is 9.90. The van der Waals surface area contributed by atoms with E-state index in [0.717, 1.165) is 6.42 Å². The molecule has 1 aromatic rings. The fourth-order valence-electron chi connectivity index (χ4n) is 1.69. The summed E-state index contributed by atoms with van der Waals surface area (Å²) < 4.78 is -0.353. The highest BCUT2D eigenvalue weighted by Crippen LogP contribution is 2.34. The first-order chi connectivity index (χ1) is 6.79. The predicted molar refractivity (Wildman–Crippen MR) is 61.0 cm³/mol. The van der Waals surface area contributed by atoms with Crippen molar-refractivity contribution < 1.29 is 0 Å². The molecule has 70 valence electrons. The van der Waals surface area contributed by atoms with Crippen molar-refractivity contribution in [1.82, 2.24) is 0 Å². The fourth-order valence-corrected chi connectivity index (χ4v) is 2.28. The average Bonchev–Trinajstić information content (AvgIpc) is 2.28. The molecule has 2 rings (SSSR count). The molecule has 1 atom stereocenters. The molecule has 1 nitrogen and oxygen atoms in total. The topological polar surface area (TPSA) is 23.8 Å². The van der Waals surface area contributed by atoms with Gasteiger partial charge in [0.25, 0.3) is 0 Å². The lowest BCUT2D eigenvalue weighted by Gasteiger charge is -2.25. The number of fused-ring (bicyclic) bond motifs is 1. The Bertz CT molecular complexity index is 417. The average molecular weight is 201 g/mol. The Morgan fingerprint density at radius 1 is 1.43 bits per heavy atom. The van der Waals surface area contributed by atoms with Crippen LogP contribution < -0.4 is 0 Å². The van der Waals surface area contributed by atoms with Crippen LogP contribution in [0.25, 0.3) is 6.08 Å². The van der Waals surface area contributed by atoms with Crippen LogP contribution in [0.5, 0.6) is 0 Å². The first-order valence-corrected chi connectivity index (χ1v) is 5.76. The minimum absolute atomic E-state index is 0.353. The van der Waals surface area contributed by atoms with Gasteiger partial charge in [-0.1, -0.05) is 36.4 Å². The Hall–Kier alpha value is -1.20. The van der Waals surface area contributed by atoms with Crippen LogP contribution in [0.2, 0.25) is 0 Å². The summed E-state index contributed by atoms with van der Waals surface area (Å²) in [6, 6.07) is 10.6. The lowest BCUT2D eigenvalue weighted by molar-refractivity contribution is 0.866. The van der Waals surface area contributed by atoms with E-state index in [1.807, 2.05) is 24.5 Å². The van der Waals surface area contributed by atoms with Crippen molar-refractivity contribution in [3.05, 3.63) is 41.5 Å². The molecular weight excluding hydrogens is 190 g/mol. The minimum Gasteiger partial charge on any atom is -0.196 e. The van der Waals surface area contributed by atoms with Gasteiger partial charge in [0, 0.05) is 6.42 Å². The molecule has 0 radical (unpaired) electrons. The van der Waals surface area contributed by atoms with E-state index >= 15 is 0 Å². The number of benzene rings is 1. The number of hydrogen-bond acceptors (Lipinski definition) is 2. The molecule has 1 aliphatic rings. The molecule has 0 amide bonds. The number of rotatable bonds is 1. The van der Waals surface area contributed by atoms with E-state index in [1.165, 1.54) is 11.1 Å². The highest BCUT2D eigenvalue weighted by molar-refractivity contribution is 8.00. The van der Waals surface area contributed by atoms with E-state index in [-0.39, 0.29) is 4.75 Å². The SMILES string of the molecule is CSC1(C#N)C=Cc2ccccc2C1. The summed E-state index contributed by atoms with van der Waals surface area (Å²) in [5, 5.41) is 9.15. The Balaban J connectivity index is 2.43. The van der Waals surface area contributed by atoms with Crippen LogP contribution in [0.3, 0.4) is 0 Å². The standard InChI is InChI=1S/C12H11NS/c1-14-12(9-13)7-6-10-4-2-3-5-11(10)8-12/h2-7H,8H2,1H3. The summed E-state index contributed by atoms with van der Waals surface area (Å²) in [5.41, 5.74) is 2.51. The maximum absolute atomic E-state index is 9.15. The Morgan fingerprint density at radius 2 is 2.21 bits per heavy atom. The van der Waals surface area contributed by atoms with Crippen LogP contribution in [0.4, 0.5) is 0 Å². The smallest absolute Gasteiger partial charge is 0.125 e. The van der Waals surface area contributed by atoms with Gasteiger partial charge in [0.1, 0.15) is 4.75 Å². The monoisotopic (exact) mass is 201 g/mol. The van der Waals surface area contributed by atoms with Gasteiger partial charge >= 0.3 is 0 Å². The third-order valence-corrected chi connectivity index (χ3v) is 3.69. The van der Waals surface area contributed by atoms with Gasteiger partial charge in [0.2, 0.25) is 0 Å². The van der Waals surface area contributed by atoms with Crippen LogP contribution in [0.1, 0.15) is 11.1 Å². The van der Waals surface area contributed by atoms with Gasteiger partial charge in [0.15, 0.2) is 0 Å². The quantitative estimate of drug-likeness (QED) is 0.697. The van der Waals surface area contributed by atoms with Gasteiger partial charge in [-0.15, -0.1) is 11.8 Å². The number of nitrogens with zero attached hydrogens (tertiary/aromatic N) is 1. The van der Waals surface area contributed by atoms with Crippen LogP contribution in [-0.2, 0) is 6.42 Å². The van der Waals surface area contributed by atoms with E-state index in [2.05, 4.69) is 24.3 Å². The molecule has 2 heteroatoms. The summed E-state index contributed by atoms with van der Waals surface area (Å²) >= 11 is 1.61. The van der Waals surface area contributed by atoms with Crippen molar-refractivity contribution in [2.45, 2.75) is 11.2 Å². The van der Waals surface area contributed by atoms with Crippen molar-refractivity contribution in [3.8, 4) is 6.07 Å². The van der Waals surface area contributed by atoms with Gasteiger partial charge in [-0.2, -0.15) is 5.26 Å². The van der Waals surface area contributed by atoms with Crippen molar-refractivity contribution in [1.29, 1.82) is 5.26 Å². The zero-order valence-electron chi connectivity index (χ0n) is 8.03. The number of hydrogen-bond donors (Lipinski definition) is 0. The number of thioether (sulfide) groups is 1. The molecule has 0 aliphatic heterocycles. The van der Waals surface area contributed by atoms with Crippen molar-refractivity contribution in [3.63, 3.8) is 0 Å². The maximum Gasteiger partial charge on any atom is 0.125 e. The van der Waals surface area contributed by atoms with Gasteiger partial charge < -0.3 is 0 Å². The Morgan fingerprint density at radius 3 is 2.93 bits per heavy atom. The van der Waals surface area contributed by atoms with E-state index in [0.29, 0.717) is 0 Å². The predicted octanol–water partition coefficient (Wildman–Crippen LogP) is 2.88. The molecule has 0 bridgehead atoms. The first-order valence-electron chi connectivity index (χ1n) is 4.53. The molecule has 0 aromatic heterocycles. The minimum atomic E-state index is -0.353. The molecule has 0 heterocycles. The van der Waals surface area contributed by atoms with E-state index in [9.17, 15) is 0 Å².